The van der Waals surface area contributed by atoms with E-state index in [0.717, 1.165) is 18.4 Å². The minimum atomic E-state index is 0.936. The van der Waals surface area contributed by atoms with Crippen LogP contribution in [0.15, 0.2) is 48.5 Å². The third-order valence-electron chi connectivity index (χ3n) is 2.96. The molecule has 1 nitrogen and oxygen atoms in total. The van der Waals surface area contributed by atoms with E-state index < -0.39 is 0 Å². The summed E-state index contributed by atoms with van der Waals surface area (Å²) >= 11 is 0. The number of nitrogens with one attached hydrogen (secondary N) is 1. The number of benzene rings is 2. The molecule has 0 aliphatic carbocycles. The quantitative estimate of drug-likeness (QED) is 0.761. The molecule has 0 unspecified atom stereocenters. The first-order valence-corrected chi connectivity index (χ1v) is 5.99. The van der Waals surface area contributed by atoms with Gasteiger partial charge in [-0.25, -0.2) is 0 Å². The van der Waals surface area contributed by atoms with E-state index in [1.54, 1.807) is 0 Å². The minimum absolute atomic E-state index is 0.936. The third-order valence-corrected chi connectivity index (χ3v) is 2.96. The average molecular weight is 223 g/mol. The fourth-order valence-electron chi connectivity index (χ4n) is 1.92. The van der Waals surface area contributed by atoms with Crippen molar-refractivity contribution < 1.29 is 0 Å². The molecule has 0 saturated heterocycles. The van der Waals surface area contributed by atoms with Crippen LogP contribution in [0.1, 0.15) is 29.2 Å². The molecule has 0 amide bonds. The lowest BCUT2D eigenvalue weighted by Gasteiger charge is -2.04. The van der Waals surface area contributed by atoms with Gasteiger partial charge in [0.05, 0.1) is 0 Å². The number of hydrogen-bond acceptors (Lipinski definition) is 1. The molecule has 0 bridgehead atoms. The van der Waals surface area contributed by atoms with Crippen molar-refractivity contribution in [2.45, 2.75) is 19.8 Å². The van der Waals surface area contributed by atoms with Crippen LogP contribution in [0.3, 0.4) is 0 Å². The van der Waals surface area contributed by atoms with Gasteiger partial charge in [-0.3, -0.25) is 0 Å². The summed E-state index contributed by atoms with van der Waals surface area (Å²) in [5.74, 6) is 0. The Morgan fingerprint density at radius 2 is 1.65 bits per heavy atom. The average Bonchev–Trinajstić information content (AvgIpc) is 2.40. The van der Waals surface area contributed by atoms with Gasteiger partial charge in [-0.15, -0.1) is 0 Å². The third kappa shape index (κ3) is 3.04. The standard InChI is InChI=1S/C16H17N/c1-2-13-6-8-14(9-7-13)10-15-4-3-5-16(11-15)12-17/h3-9,11-12,17H,2,10H2,1H3. The highest BCUT2D eigenvalue weighted by Gasteiger charge is 1.97. The van der Waals surface area contributed by atoms with Crippen molar-refractivity contribution in [2.24, 2.45) is 0 Å². The molecule has 0 heterocycles. The Bertz CT molecular complexity index is 497. The summed E-state index contributed by atoms with van der Waals surface area (Å²) in [4.78, 5) is 0. The molecule has 86 valence electrons. The molecule has 0 saturated carbocycles. The lowest BCUT2D eigenvalue weighted by atomic mass is 10.0. The molecule has 2 rings (SSSR count). The van der Waals surface area contributed by atoms with Gasteiger partial charge in [-0.1, -0.05) is 49.4 Å². The topological polar surface area (TPSA) is 23.9 Å². The lowest BCUT2D eigenvalue weighted by molar-refractivity contribution is 1.12. The van der Waals surface area contributed by atoms with E-state index in [9.17, 15) is 0 Å². The Hall–Kier alpha value is -1.89. The van der Waals surface area contributed by atoms with Crippen LogP contribution in [0, 0.1) is 5.41 Å². The second-order valence-corrected chi connectivity index (χ2v) is 4.24. The highest BCUT2D eigenvalue weighted by molar-refractivity contribution is 5.77. The highest BCUT2D eigenvalue weighted by atomic mass is 14.3. The van der Waals surface area contributed by atoms with Crippen molar-refractivity contribution in [3.8, 4) is 0 Å². The van der Waals surface area contributed by atoms with Crippen molar-refractivity contribution in [2.75, 3.05) is 0 Å². The van der Waals surface area contributed by atoms with Crippen molar-refractivity contribution >= 4 is 6.21 Å². The monoisotopic (exact) mass is 223 g/mol. The number of aryl methyl sites for hydroxylation is 1. The van der Waals surface area contributed by atoms with Gasteiger partial charge in [0.25, 0.3) is 0 Å². The fourth-order valence-corrected chi connectivity index (χ4v) is 1.92. The van der Waals surface area contributed by atoms with Crippen molar-refractivity contribution in [1.82, 2.24) is 0 Å². The van der Waals surface area contributed by atoms with E-state index in [-0.39, 0.29) is 0 Å². The van der Waals surface area contributed by atoms with Gasteiger partial charge in [0.15, 0.2) is 0 Å². The Kier molecular flexibility index (Phi) is 3.71. The van der Waals surface area contributed by atoms with E-state index >= 15 is 0 Å². The largest absolute Gasteiger partial charge is 0.308 e. The predicted molar refractivity (Wildman–Crippen MR) is 73.0 cm³/mol. The maximum absolute atomic E-state index is 7.25. The van der Waals surface area contributed by atoms with E-state index in [1.807, 2.05) is 12.1 Å². The van der Waals surface area contributed by atoms with Crippen LogP contribution in [0.25, 0.3) is 0 Å². The molecule has 0 atom stereocenters. The Morgan fingerprint density at radius 1 is 0.941 bits per heavy atom. The first-order valence-electron chi connectivity index (χ1n) is 5.99. The van der Waals surface area contributed by atoms with Gasteiger partial charge in [-0.05, 0) is 41.2 Å². The van der Waals surface area contributed by atoms with E-state index in [4.69, 9.17) is 5.41 Å². The summed E-state index contributed by atoms with van der Waals surface area (Å²) in [6, 6.07) is 16.9. The van der Waals surface area contributed by atoms with Gasteiger partial charge < -0.3 is 5.41 Å². The molecule has 1 heteroatoms. The number of hydrogen-bond donors (Lipinski definition) is 1. The summed E-state index contributed by atoms with van der Waals surface area (Å²) in [7, 11) is 0. The van der Waals surface area contributed by atoms with Crippen LogP contribution in [0.2, 0.25) is 0 Å². The van der Waals surface area contributed by atoms with Gasteiger partial charge >= 0.3 is 0 Å². The van der Waals surface area contributed by atoms with Gasteiger partial charge in [0, 0.05) is 6.21 Å². The highest BCUT2D eigenvalue weighted by Crippen LogP contribution is 2.12. The van der Waals surface area contributed by atoms with Crippen LogP contribution in [-0.2, 0) is 12.8 Å². The van der Waals surface area contributed by atoms with Gasteiger partial charge in [-0.2, -0.15) is 0 Å². The summed E-state index contributed by atoms with van der Waals surface area (Å²) in [5, 5.41) is 7.25. The second kappa shape index (κ2) is 5.44. The molecular weight excluding hydrogens is 206 g/mol. The van der Waals surface area contributed by atoms with Crippen molar-refractivity contribution in [1.29, 1.82) is 5.41 Å². The summed E-state index contributed by atoms with van der Waals surface area (Å²) in [6.45, 7) is 2.17. The molecule has 1 N–H and O–H groups in total. The van der Waals surface area contributed by atoms with Crippen LogP contribution in [0.5, 0.6) is 0 Å². The van der Waals surface area contributed by atoms with E-state index in [0.29, 0.717) is 0 Å². The zero-order chi connectivity index (χ0) is 12.1. The smallest absolute Gasteiger partial charge is 0.0250 e. The van der Waals surface area contributed by atoms with Crippen LogP contribution in [0.4, 0.5) is 0 Å². The van der Waals surface area contributed by atoms with E-state index in [1.165, 1.54) is 22.9 Å². The molecule has 0 aromatic heterocycles. The lowest BCUT2D eigenvalue weighted by Crippen LogP contribution is -1.90. The molecule has 2 aromatic rings. The Morgan fingerprint density at radius 3 is 2.29 bits per heavy atom. The summed E-state index contributed by atoms with van der Waals surface area (Å²) in [6.07, 6.45) is 3.42. The Balaban J connectivity index is 2.16. The normalized spacial score (nSPS) is 10.2. The van der Waals surface area contributed by atoms with Crippen LogP contribution >= 0.6 is 0 Å². The van der Waals surface area contributed by atoms with Crippen molar-refractivity contribution in [3.05, 3.63) is 70.8 Å². The molecule has 0 spiro atoms. The van der Waals surface area contributed by atoms with Gasteiger partial charge in [0.2, 0.25) is 0 Å². The van der Waals surface area contributed by atoms with Crippen molar-refractivity contribution in [3.63, 3.8) is 0 Å². The van der Waals surface area contributed by atoms with Gasteiger partial charge in [0.1, 0.15) is 0 Å². The molecular formula is C16H17N. The van der Waals surface area contributed by atoms with Crippen LogP contribution < -0.4 is 0 Å². The predicted octanol–water partition coefficient (Wildman–Crippen LogP) is 3.84. The maximum atomic E-state index is 7.25. The van der Waals surface area contributed by atoms with Crippen LogP contribution in [-0.4, -0.2) is 6.21 Å². The summed E-state index contributed by atoms with van der Waals surface area (Å²) in [5.41, 5.74) is 4.93. The molecule has 17 heavy (non-hydrogen) atoms. The fraction of sp³-hybridized carbons (Fsp3) is 0.188. The first kappa shape index (κ1) is 11.6. The molecule has 0 fully saturated rings. The minimum Gasteiger partial charge on any atom is -0.308 e. The SMILES string of the molecule is CCc1ccc(Cc2cccc(C=N)c2)cc1. The zero-order valence-electron chi connectivity index (χ0n) is 10.1. The molecule has 0 aliphatic heterocycles. The zero-order valence-corrected chi connectivity index (χ0v) is 10.1. The Labute approximate surface area is 103 Å². The molecule has 0 aliphatic rings. The molecule has 2 aromatic carbocycles. The maximum Gasteiger partial charge on any atom is 0.0250 e. The second-order valence-electron chi connectivity index (χ2n) is 4.24. The van der Waals surface area contributed by atoms with E-state index in [2.05, 4.69) is 43.3 Å². The number of rotatable bonds is 4. The first-order chi connectivity index (χ1) is 8.31. The summed E-state index contributed by atoms with van der Waals surface area (Å²) < 4.78 is 0. The molecule has 0 radical (unpaired) electrons.